The minimum absolute atomic E-state index is 0.306. The number of benzene rings is 2. The Morgan fingerprint density at radius 2 is 1.80 bits per heavy atom. The van der Waals surface area contributed by atoms with Crippen LogP contribution in [0.25, 0.3) is 16.7 Å². The highest BCUT2D eigenvalue weighted by Gasteiger charge is 2.15. The lowest BCUT2D eigenvalue weighted by Crippen LogP contribution is -2.01. The number of hydrogen-bond acceptors (Lipinski definition) is 2. The molecule has 0 saturated heterocycles. The Hall–Kier alpha value is -0.920. The molecule has 3 nitrogen and oxygen atoms in total. The summed E-state index contributed by atoms with van der Waals surface area (Å²) >= 11 is 10.1. The van der Waals surface area contributed by atoms with Crippen LogP contribution in [0.4, 0.5) is 10.3 Å². The van der Waals surface area contributed by atoms with E-state index in [1.165, 1.54) is 6.07 Å². The first kappa shape index (κ1) is 14.0. The molecule has 3 rings (SSSR count). The van der Waals surface area contributed by atoms with Gasteiger partial charge in [0.25, 0.3) is 0 Å². The number of hydrogen-bond donors (Lipinski definition) is 1. The maximum Gasteiger partial charge on any atom is 0.205 e. The SMILES string of the molecule is Nc1nc2cc(F)c(Br)cc2n1-c1ccc(Br)cc1Br. The van der Waals surface area contributed by atoms with Crippen molar-refractivity contribution in [3.05, 3.63) is 49.6 Å². The molecule has 7 heteroatoms. The van der Waals surface area contributed by atoms with E-state index in [-0.39, 0.29) is 5.82 Å². The lowest BCUT2D eigenvalue weighted by Gasteiger charge is -2.09. The van der Waals surface area contributed by atoms with Gasteiger partial charge in [-0.15, -0.1) is 0 Å². The fourth-order valence-corrected chi connectivity index (χ4v) is 3.56. The van der Waals surface area contributed by atoms with Gasteiger partial charge in [-0.25, -0.2) is 9.37 Å². The van der Waals surface area contributed by atoms with Crippen LogP contribution >= 0.6 is 47.8 Å². The second-order valence-corrected chi connectivity index (χ2v) is 6.78. The number of nitrogens with zero attached hydrogens (tertiary/aromatic N) is 2. The zero-order chi connectivity index (χ0) is 14.4. The molecule has 0 unspecified atom stereocenters. The van der Waals surface area contributed by atoms with Crippen LogP contribution in [0, 0.1) is 5.82 Å². The zero-order valence-electron chi connectivity index (χ0n) is 9.87. The minimum Gasteiger partial charge on any atom is -0.369 e. The highest BCUT2D eigenvalue weighted by Crippen LogP contribution is 2.32. The molecule has 0 atom stereocenters. The molecule has 0 aliphatic heterocycles. The third kappa shape index (κ3) is 2.27. The molecular weight excluding hydrogens is 457 g/mol. The number of fused-ring (bicyclic) bond motifs is 1. The number of anilines is 1. The molecular formula is C13H7Br3FN3. The van der Waals surface area contributed by atoms with Crippen molar-refractivity contribution >= 4 is 64.8 Å². The molecule has 0 amide bonds. The van der Waals surface area contributed by atoms with Crippen molar-refractivity contribution in [3.8, 4) is 5.69 Å². The molecule has 0 bridgehead atoms. The second kappa shape index (κ2) is 5.13. The summed E-state index contributed by atoms with van der Waals surface area (Å²) in [5.41, 5.74) is 8.06. The molecule has 0 aliphatic carbocycles. The summed E-state index contributed by atoms with van der Waals surface area (Å²) in [6.45, 7) is 0. The van der Waals surface area contributed by atoms with Crippen LogP contribution in [-0.4, -0.2) is 9.55 Å². The molecule has 1 aromatic heterocycles. The topological polar surface area (TPSA) is 43.8 Å². The predicted octanol–water partition coefficient (Wildman–Crippen LogP) is 5.03. The number of nitrogens with two attached hydrogens (primary N) is 1. The highest BCUT2D eigenvalue weighted by molar-refractivity contribution is 9.11. The standard InChI is InChI=1S/C13H7Br3FN3/c14-6-1-2-11(8(16)3-6)20-12-4-7(15)9(17)5-10(12)19-13(20)18/h1-5H,(H2,18,19). The fraction of sp³-hybridized carbons (Fsp3) is 0. The molecule has 0 saturated carbocycles. The van der Waals surface area contributed by atoms with Gasteiger partial charge >= 0.3 is 0 Å². The number of imidazole rings is 1. The number of aromatic nitrogens is 2. The summed E-state index contributed by atoms with van der Waals surface area (Å²) in [6, 6.07) is 8.76. The summed E-state index contributed by atoms with van der Waals surface area (Å²) in [5.74, 6) is -0.0578. The van der Waals surface area contributed by atoms with E-state index >= 15 is 0 Å². The van der Waals surface area contributed by atoms with Crippen molar-refractivity contribution in [2.24, 2.45) is 0 Å². The maximum atomic E-state index is 13.6. The molecule has 1 heterocycles. The Morgan fingerprint density at radius 3 is 2.50 bits per heavy atom. The largest absolute Gasteiger partial charge is 0.369 e. The summed E-state index contributed by atoms with van der Waals surface area (Å²) in [4.78, 5) is 4.20. The van der Waals surface area contributed by atoms with Gasteiger partial charge in [0.1, 0.15) is 5.82 Å². The smallest absolute Gasteiger partial charge is 0.205 e. The van der Waals surface area contributed by atoms with Gasteiger partial charge in [-0.05, 0) is 56.1 Å². The van der Waals surface area contributed by atoms with Crippen LogP contribution in [0.15, 0.2) is 43.7 Å². The van der Waals surface area contributed by atoms with Crippen molar-refractivity contribution in [1.82, 2.24) is 9.55 Å². The Kier molecular flexibility index (Phi) is 3.60. The summed E-state index contributed by atoms with van der Waals surface area (Å²) in [6.07, 6.45) is 0. The lowest BCUT2D eigenvalue weighted by molar-refractivity contribution is 0.623. The van der Waals surface area contributed by atoms with E-state index in [9.17, 15) is 4.39 Å². The van der Waals surface area contributed by atoms with Gasteiger partial charge in [0, 0.05) is 15.0 Å². The highest BCUT2D eigenvalue weighted by atomic mass is 79.9. The first-order valence-corrected chi connectivity index (χ1v) is 7.93. The molecule has 3 aromatic rings. The van der Waals surface area contributed by atoms with E-state index in [1.807, 2.05) is 18.2 Å². The van der Waals surface area contributed by atoms with Crippen LogP contribution in [0.2, 0.25) is 0 Å². The van der Waals surface area contributed by atoms with Crippen molar-refractivity contribution in [3.63, 3.8) is 0 Å². The van der Waals surface area contributed by atoms with Gasteiger partial charge in [-0.1, -0.05) is 15.9 Å². The molecule has 0 fully saturated rings. The third-order valence-electron chi connectivity index (χ3n) is 2.87. The zero-order valence-corrected chi connectivity index (χ0v) is 14.6. The van der Waals surface area contributed by atoms with E-state index in [1.54, 1.807) is 10.6 Å². The third-order valence-corrected chi connectivity index (χ3v) is 4.61. The number of rotatable bonds is 1. The van der Waals surface area contributed by atoms with E-state index in [4.69, 9.17) is 5.73 Å². The van der Waals surface area contributed by atoms with Crippen molar-refractivity contribution in [1.29, 1.82) is 0 Å². The monoisotopic (exact) mass is 461 g/mol. The van der Waals surface area contributed by atoms with Gasteiger partial charge in [0.05, 0.1) is 21.2 Å². The van der Waals surface area contributed by atoms with Gasteiger partial charge < -0.3 is 5.73 Å². The van der Waals surface area contributed by atoms with Crippen LogP contribution in [-0.2, 0) is 0 Å². The van der Waals surface area contributed by atoms with Crippen molar-refractivity contribution in [2.45, 2.75) is 0 Å². The molecule has 0 radical (unpaired) electrons. The van der Waals surface area contributed by atoms with Crippen molar-refractivity contribution < 1.29 is 4.39 Å². The fourth-order valence-electron chi connectivity index (χ4n) is 2.01. The second-order valence-electron chi connectivity index (χ2n) is 4.16. The number of nitrogen functional groups attached to an aromatic ring is 1. The first-order valence-electron chi connectivity index (χ1n) is 5.56. The Morgan fingerprint density at radius 1 is 1.05 bits per heavy atom. The van der Waals surface area contributed by atoms with Gasteiger partial charge in [0.2, 0.25) is 5.95 Å². The average Bonchev–Trinajstić information content (AvgIpc) is 2.66. The van der Waals surface area contributed by atoms with Gasteiger partial charge in [0.15, 0.2) is 0 Å². The van der Waals surface area contributed by atoms with Crippen molar-refractivity contribution in [2.75, 3.05) is 5.73 Å². The van der Waals surface area contributed by atoms with Crippen LogP contribution in [0.5, 0.6) is 0 Å². The Balaban J connectivity index is 2.35. The average molecular weight is 464 g/mol. The minimum atomic E-state index is -0.364. The van der Waals surface area contributed by atoms with Crippen LogP contribution < -0.4 is 5.73 Å². The molecule has 102 valence electrons. The van der Waals surface area contributed by atoms with Crippen LogP contribution in [0.3, 0.4) is 0 Å². The predicted molar refractivity (Wildman–Crippen MR) is 88.5 cm³/mol. The molecule has 0 spiro atoms. The first-order chi connectivity index (χ1) is 9.47. The van der Waals surface area contributed by atoms with E-state index in [0.29, 0.717) is 15.9 Å². The summed E-state index contributed by atoms with van der Waals surface area (Å²) < 4.78 is 17.5. The van der Waals surface area contributed by atoms with E-state index in [0.717, 1.165) is 20.1 Å². The molecule has 2 aromatic carbocycles. The maximum absolute atomic E-state index is 13.6. The molecule has 2 N–H and O–H groups in total. The Labute approximate surface area is 139 Å². The van der Waals surface area contributed by atoms with E-state index < -0.39 is 0 Å². The van der Waals surface area contributed by atoms with E-state index in [2.05, 4.69) is 52.8 Å². The molecule has 0 aliphatic rings. The molecule has 20 heavy (non-hydrogen) atoms. The van der Waals surface area contributed by atoms with Gasteiger partial charge in [-0.2, -0.15) is 0 Å². The normalized spacial score (nSPS) is 11.2. The quantitative estimate of drug-likeness (QED) is 0.550. The lowest BCUT2D eigenvalue weighted by atomic mass is 10.2. The Bertz CT molecular complexity index is 829. The number of halogens is 4. The van der Waals surface area contributed by atoms with Crippen LogP contribution in [0.1, 0.15) is 0 Å². The van der Waals surface area contributed by atoms with Gasteiger partial charge in [-0.3, -0.25) is 4.57 Å². The summed E-state index contributed by atoms with van der Waals surface area (Å²) in [7, 11) is 0. The summed E-state index contributed by atoms with van der Waals surface area (Å²) in [5, 5.41) is 0.